The third kappa shape index (κ3) is 4.77. The standard InChI is InChI=1S/C18H24N4O/c1-4-6-11-22(3)17-13-19-16(12-20-17)18(23)21-15-9-7-14(5-2)8-10-15/h7-10,12-13H,4-6,11H2,1-3H3,(H,21,23). The van der Waals surface area contributed by atoms with Gasteiger partial charge >= 0.3 is 0 Å². The van der Waals surface area contributed by atoms with Crippen molar-refractivity contribution < 1.29 is 4.79 Å². The summed E-state index contributed by atoms with van der Waals surface area (Å²) in [4.78, 5) is 22.8. The molecule has 5 heteroatoms. The molecule has 2 rings (SSSR count). The van der Waals surface area contributed by atoms with Crippen LogP contribution in [0.3, 0.4) is 0 Å². The van der Waals surface area contributed by atoms with Crippen molar-refractivity contribution >= 4 is 17.4 Å². The molecule has 1 amide bonds. The summed E-state index contributed by atoms with van der Waals surface area (Å²) < 4.78 is 0. The van der Waals surface area contributed by atoms with E-state index in [0.29, 0.717) is 5.69 Å². The van der Waals surface area contributed by atoms with Gasteiger partial charge in [-0.1, -0.05) is 32.4 Å². The van der Waals surface area contributed by atoms with Crippen LogP contribution < -0.4 is 10.2 Å². The van der Waals surface area contributed by atoms with Crippen molar-refractivity contribution in [3.8, 4) is 0 Å². The van der Waals surface area contributed by atoms with Gasteiger partial charge in [0.05, 0.1) is 12.4 Å². The fourth-order valence-corrected chi connectivity index (χ4v) is 2.16. The smallest absolute Gasteiger partial charge is 0.275 e. The highest BCUT2D eigenvalue weighted by molar-refractivity contribution is 6.02. The summed E-state index contributed by atoms with van der Waals surface area (Å²) in [5.74, 6) is 0.534. The Bertz CT molecular complexity index is 622. The summed E-state index contributed by atoms with van der Waals surface area (Å²) in [5, 5.41) is 2.84. The van der Waals surface area contributed by atoms with Crippen molar-refractivity contribution in [3.63, 3.8) is 0 Å². The number of benzene rings is 1. The summed E-state index contributed by atoms with van der Waals surface area (Å²) in [7, 11) is 1.98. The van der Waals surface area contributed by atoms with Gasteiger partial charge in [-0.25, -0.2) is 9.97 Å². The zero-order valence-corrected chi connectivity index (χ0v) is 14.0. The number of nitrogens with zero attached hydrogens (tertiary/aromatic N) is 3. The fraction of sp³-hybridized carbons (Fsp3) is 0.389. The molecule has 0 fully saturated rings. The Balaban J connectivity index is 1.99. The molecule has 1 aromatic heterocycles. The lowest BCUT2D eigenvalue weighted by atomic mass is 10.1. The fourth-order valence-electron chi connectivity index (χ4n) is 2.16. The van der Waals surface area contributed by atoms with Crippen LogP contribution in [-0.4, -0.2) is 29.5 Å². The molecule has 122 valence electrons. The molecule has 0 aliphatic carbocycles. The van der Waals surface area contributed by atoms with Gasteiger partial charge in [-0.2, -0.15) is 0 Å². The third-order valence-corrected chi connectivity index (χ3v) is 3.73. The highest BCUT2D eigenvalue weighted by Crippen LogP contribution is 2.12. The lowest BCUT2D eigenvalue weighted by Gasteiger charge is -2.17. The quantitative estimate of drug-likeness (QED) is 0.849. The molecular formula is C18H24N4O. The van der Waals surface area contributed by atoms with Crippen molar-refractivity contribution in [2.24, 2.45) is 0 Å². The summed E-state index contributed by atoms with van der Waals surface area (Å²) >= 11 is 0. The number of carbonyl (C=O) groups is 1. The Morgan fingerprint density at radius 3 is 2.43 bits per heavy atom. The molecule has 1 aromatic carbocycles. The molecular weight excluding hydrogens is 288 g/mol. The lowest BCUT2D eigenvalue weighted by Crippen LogP contribution is -2.21. The van der Waals surface area contributed by atoms with Gasteiger partial charge in [0, 0.05) is 19.3 Å². The van der Waals surface area contributed by atoms with Crippen LogP contribution >= 0.6 is 0 Å². The minimum atomic E-state index is -0.246. The topological polar surface area (TPSA) is 58.1 Å². The summed E-state index contributed by atoms with van der Waals surface area (Å²) in [6, 6.07) is 7.81. The van der Waals surface area contributed by atoms with E-state index in [4.69, 9.17) is 0 Å². The molecule has 0 atom stereocenters. The molecule has 0 bridgehead atoms. The van der Waals surface area contributed by atoms with Crippen LogP contribution in [0.5, 0.6) is 0 Å². The number of amides is 1. The first-order valence-corrected chi connectivity index (χ1v) is 8.07. The van der Waals surface area contributed by atoms with Gasteiger partial charge in [0.15, 0.2) is 0 Å². The summed E-state index contributed by atoms with van der Waals surface area (Å²) in [5.41, 5.74) is 2.32. The van der Waals surface area contributed by atoms with Crippen molar-refractivity contribution in [2.45, 2.75) is 33.1 Å². The number of nitrogens with one attached hydrogen (secondary N) is 1. The second kappa shape index (κ2) is 8.27. The van der Waals surface area contributed by atoms with E-state index >= 15 is 0 Å². The van der Waals surface area contributed by atoms with Crippen molar-refractivity contribution in [1.29, 1.82) is 0 Å². The number of aromatic nitrogens is 2. The monoisotopic (exact) mass is 312 g/mol. The minimum Gasteiger partial charge on any atom is -0.358 e. The molecule has 0 aliphatic rings. The van der Waals surface area contributed by atoms with Gasteiger partial charge in [0.25, 0.3) is 5.91 Å². The molecule has 23 heavy (non-hydrogen) atoms. The molecule has 0 aliphatic heterocycles. The first kappa shape index (κ1) is 16.9. The van der Waals surface area contributed by atoms with Crippen molar-refractivity contribution in [1.82, 2.24) is 9.97 Å². The van der Waals surface area contributed by atoms with Gasteiger partial charge in [-0.3, -0.25) is 4.79 Å². The summed E-state index contributed by atoms with van der Waals surface area (Å²) in [6.07, 6.45) is 6.38. The summed E-state index contributed by atoms with van der Waals surface area (Å²) in [6.45, 7) is 5.18. The molecule has 2 aromatic rings. The van der Waals surface area contributed by atoms with E-state index in [1.54, 1.807) is 6.20 Å². The SMILES string of the molecule is CCCCN(C)c1cnc(C(=O)Nc2ccc(CC)cc2)cn1. The van der Waals surface area contributed by atoms with E-state index in [-0.39, 0.29) is 5.91 Å². The van der Waals surface area contributed by atoms with Crippen molar-refractivity contribution in [2.75, 3.05) is 23.8 Å². The number of carbonyl (C=O) groups excluding carboxylic acids is 1. The number of hydrogen-bond donors (Lipinski definition) is 1. The molecule has 1 N–H and O–H groups in total. The van der Waals surface area contributed by atoms with E-state index in [0.717, 1.165) is 37.3 Å². The molecule has 0 radical (unpaired) electrons. The second-order valence-corrected chi connectivity index (χ2v) is 5.54. The van der Waals surface area contributed by atoms with Gasteiger partial charge in [0.2, 0.25) is 0 Å². The largest absolute Gasteiger partial charge is 0.358 e. The molecule has 5 nitrogen and oxygen atoms in total. The first-order chi connectivity index (χ1) is 11.1. The molecule has 0 saturated heterocycles. The van der Waals surface area contributed by atoms with Gasteiger partial charge < -0.3 is 10.2 Å². The predicted octanol–water partition coefficient (Wildman–Crippen LogP) is 3.53. The van der Waals surface area contributed by atoms with Crippen LogP contribution in [0.15, 0.2) is 36.7 Å². The first-order valence-electron chi connectivity index (χ1n) is 8.07. The van der Waals surface area contributed by atoms with E-state index in [1.165, 1.54) is 11.8 Å². The Labute approximate surface area is 137 Å². The normalized spacial score (nSPS) is 10.4. The van der Waals surface area contributed by atoms with Crippen LogP contribution in [0.25, 0.3) is 0 Å². The van der Waals surface area contributed by atoms with Gasteiger partial charge in [-0.05, 0) is 30.5 Å². The lowest BCUT2D eigenvalue weighted by molar-refractivity contribution is 0.102. The third-order valence-electron chi connectivity index (χ3n) is 3.73. The van der Waals surface area contributed by atoms with Gasteiger partial charge in [0.1, 0.15) is 11.5 Å². The zero-order chi connectivity index (χ0) is 16.7. The zero-order valence-electron chi connectivity index (χ0n) is 14.0. The maximum atomic E-state index is 12.2. The molecule has 0 saturated carbocycles. The second-order valence-electron chi connectivity index (χ2n) is 5.54. The number of hydrogen-bond acceptors (Lipinski definition) is 4. The predicted molar refractivity (Wildman–Crippen MR) is 94.0 cm³/mol. The van der Waals surface area contributed by atoms with Crippen LogP contribution in [0, 0.1) is 0 Å². The number of aryl methyl sites for hydroxylation is 1. The Morgan fingerprint density at radius 1 is 1.13 bits per heavy atom. The van der Waals surface area contributed by atoms with E-state index < -0.39 is 0 Å². The molecule has 1 heterocycles. The maximum Gasteiger partial charge on any atom is 0.275 e. The molecule has 0 spiro atoms. The highest BCUT2D eigenvalue weighted by Gasteiger charge is 2.10. The Hall–Kier alpha value is -2.43. The average Bonchev–Trinajstić information content (AvgIpc) is 2.60. The maximum absolute atomic E-state index is 12.2. The van der Waals surface area contributed by atoms with Gasteiger partial charge in [-0.15, -0.1) is 0 Å². The highest BCUT2D eigenvalue weighted by atomic mass is 16.1. The minimum absolute atomic E-state index is 0.246. The Kier molecular flexibility index (Phi) is 6.09. The van der Waals surface area contributed by atoms with Crippen molar-refractivity contribution in [3.05, 3.63) is 47.9 Å². The Morgan fingerprint density at radius 2 is 1.87 bits per heavy atom. The van der Waals surface area contributed by atoms with E-state index in [2.05, 4.69) is 29.1 Å². The number of rotatable bonds is 7. The van der Waals surface area contributed by atoms with E-state index in [1.807, 2.05) is 36.2 Å². The van der Waals surface area contributed by atoms with E-state index in [9.17, 15) is 4.79 Å². The molecule has 0 unspecified atom stereocenters. The van der Waals surface area contributed by atoms with Crippen LogP contribution in [0.1, 0.15) is 42.7 Å². The number of unbranched alkanes of at least 4 members (excludes halogenated alkanes) is 1. The average molecular weight is 312 g/mol. The van der Waals surface area contributed by atoms with Crippen LogP contribution in [0.4, 0.5) is 11.5 Å². The van der Waals surface area contributed by atoms with Crippen LogP contribution in [-0.2, 0) is 6.42 Å². The van der Waals surface area contributed by atoms with Crippen LogP contribution in [0.2, 0.25) is 0 Å². The number of anilines is 2.